The third kappa shape index (κ3) is 2.94. The molecule has 1 saturated heterocycles. The van der Waals surface area contributed by atoms with Crippen LogP contribution < -0.4 is 0 Å². The number of hydrogen-bond acceptors (Lipinski definition) is 4. The summed E-state index contributed by atoms with van der Waals surface area (Å²) < 4.78 is 5.41. The molecule has 1 aromatic heterocycles. The number of hydrogen-bond donors (Lipinski definition) is 1. The van der Waals surface area contributed by atoms with Crippen molar-refractivity contribution in [1.82, 2.24) is 4.90 Å². The van der Waals surface area contributed by atoms with Gasteiger partial charge >= 0.3 is 5.97 Å². The SMILES string of the molecule is CSc1ccc(C(=O)N2CCC(C(=O)O)C(C)C2)o1. The normalized spacial score (nSPS) is 23.4. The summed E-state index contributed by atoms with van der Waals surface area (Å²) >= 11 is 1.44. The number of nitrogens with zero attached hydrogens (tertiary/aromatic N) is 1. The Kier molecular flexibility index (Phi) is 4.19. The summed E-state index contributed by atoms with van der Waals surface area (Å²) in [4.78, 5) is 24.9. The molecule has 1 fully saturated rings. The van der Waals surface area contributed by atoms with Crippen molar-refractivity contribution in [2.24, 2.45) is 11.8 Å². The van der Waals surface area contributed by atoms with E-state index >= 15 is 0 Å². The molecule has 0 spiro atoms. The fraction of sp³-hybridized carbons (Fsp3) is 0.538. The molecule has 1 aliphatic heterocycles. The van der Waals surface area contributed by atoms with Crippen molar-refractivity contribution in [3.8, 4) is 0 Å². The minimum atomic E-state index is -0.776. The van der Waals surface area contributed by atoms with Gasteiger partial charge in [0.2, 0.25) is 0 Å². The first-order chi connectivity index (χ1) is 9.02. The number of carbonyl (C=O) groups excluding carboxylic acids is 1. The van der Waals surface area contributed by atoms with Crippen LogP contribution in [-0.4, -0.2) is 41.2 Å². The molecule has 5 nitrogen and oxygen atoms in total. The molecule has 0 aliphatic carbocycles. The summed E-state index contributed by atoms with van der Waals surface area (Å²) in [6.45, 7) is 2.80. The highest BCUT2D eigenvalue weighted by Crippen LogP contribution is 2.26. The van der Waals surface area contributed by atoms with Crippen LogP contribution in [0.15, 0.2) is 21.6 Å². The number of furan rings is 1. The van der Waals surface area contributed by atoms with Gasteiger partial charge in [-0.1, -0.05) is 18.7 Å². The fourth-order valence-electron chi connectivity index (χ4n) is 2.40. The van der Waals surface area contributed by atoms with E-state index < -0.39 is 5.97 Å². The van der Waals surface area contributed by atoms with Crippen LogP contribution in [-0.2, 0) is 4.79 Å². The standard InChI is InChI=1S/C13H17NO4S/c1-8-7-14(6-5-9(8)13(16)17)12(15)10-3-4-11(18-10)19-2/h3-4,8-9H,5-7H2,1-2H3,(H,16,17). The van der Waals surface area contributed by atoms with Crippen molar-refractivity contribution in [2.45, 2.75) is 18.4 Å². The second-order valence-corrected chi connectivity index (χ2v) is 5.60. The molecule has 2 atom stereocenters. The third-order valence-corrected chi connectivity index (χ3v) is 4.12. The van der Waals surface area contributed by atoms with Crippen LogP contribution in [0.1, 0.15) is 23.9 Å². The molecule has 104 valence electrons. The average Bonchev–Trinajstić information content (AvgIpc) is 2.86. The second-order valence-electron chi connectivity index (χ2n) is 4.78. The number of carboxylic acids is 1. The van der Waals surface area contributed by atoms with Crippen molar-refractivity contribution >= 4 is 23.6 Å². The molecule has 1 amide bonds. The molecular formula is C13H17NO4S. The maximum Gasteiger partial charge on any atom is 0.306 e. The van der Waals surface area contributed by atoms with Gasteiger partial charge in [-0.25, -0.2) is 0 Å². The number of carbonyl (C=O) groups is 2. The van der Waals surface area contributed by atoms with E-state index in [1.807, 2.05) is 13.2 Å². The van der Waals surface area contributed by atoms with Gasteiger partial charge in [0.1, 0.15) is 0 Å². The molecule has 6 heteroatoms. The molecule has 1 N–H and O–H groups in total. The van der Waals surface area contributed by atoms with Crippen molar-refractivity contribution in [1.29, 1.82) is 0 Å². The van der Waals surface area contributed by atoms with Gasteiger partial charge in [0.25, 0.3) is 5.91 Å². The Bertz CT molecular complexity index is 485. The van der Waals surface area contributed by atoms with Gasteiger partial charge in [0.05, 0.1) is 5.92 Å². The highest BCUT2D eigenvalue weighted by atomic mass is 32.2. The van der Waals surface area contributed by atoms with Gasteiger partial charge in [-0.2, -0.15) is 0 Å². The van der Waals surface area contributed by atoms with Gasteiger partial charge in [-0.05, 0) is 30.7 Å². The minimum absolute atomic E-state index is 0.0369. The lowest BCUT2D eigenvalue weighted by atomic mass is 9.87. The van der Waals surface area contributed by atoms with Crippen molar-refractivity contribution in [3.63, 3.8) is 0 Å². The number of piperidine rings is 1. The molecular weight excluding hydrogens is 266 g/mol. The largest absolute Gasteiger partial charge is 0.481 e. The molecule has 0 bridgehead atoms. The molecule has 2 rings (SSSR count). The van der Waals surface area contributed by atoms with Crippen LogP contribution >= 0.6 is 11.8 Å². The van der Waals surface area contributed by atoms with Gasteiger partial charge in [0, 0.05) is 13.1 Å². The fourth-order valence-corrected chi connectivity index (χ4v) is 2.77. The number of carboxylic acid groups (broad SMARTS) is 1. The first-order valence-electron chi connectivity index (χ1n) is 6.19. The van der Waals surface area contributed by atoms with Gasteiger partial charge < -0.3 is 14.4 Å². The molecule has 0 aromatic carbocycles. The summed E-state index contributed by atoms with van der Waals surface area (Å²) in [5.74, 6) is -1.00. The molecule has 0 saturated carbocycles. The summed E-state index contributed by atoms with van der Waals surface area (Å²) in [6, 6.07) is 3.44. The first-order valence-corrected chi connectivity index (χ1v) is 7.41. The van der Waals surface area contributed by atoms with Crippen LogP contribution in [0.2, 0.25) is 0 Å². The maximum absolute atomic E-state index is 12.2. The smallest absolute Gasteiger partial charge is 0.306 e. The number of aliphatic carboxylic acids is 1. The third-order valence-electron chi connectivity index (χ3n) is 3.50. The van der Waals surface area contributed by atoms with Crippen molar-refractivity contribution < 1.29 is 19.1 Å². The van der Waals surface area contributed by atoms with E-state index in [1.165, 1.54) is 11.8 Å². The molecule has 0 radical (unpaired) electrons. The molecule has 1 aromatic rings. The van der Waals surface area contributed by atoms with Crippen molar-refractivity contribution in [3.05, 3.63) is 17.9 Å². The zero-order valence-corrected chi connectivity index (χ0v) is 11.8. The average molecular weight is 283 g/mol. The molecule has 1 aliphatic rings. The van der Waals surface area contributed by atoms with E-state index in [0.29, 0.717) is 30.4 Å². The molecule has 2 heterocycles. The van der Waals surface area contributed by atoms with Gasteiger partial charge in [-0.15, -0.1) is 0 Å². The van der Waals surface area contributed by atoms with Gasteiger partial charge in [0.15, 0.2) is 10.9 Å². The lowest BCUT2D eigenvalue weighted by molar-refractivity contribution is -0.145. The Labute approximate surface area is 116 Å². The Morgan fingerprint density at radius 3 is 2.74 bits per heavy atom. The van der Waals surface area contributed by atoms with E-state index in [2.05, 4.69) is 0 Å². The van der Waals surface area contributed by atoms with Crippen LogP contribution in [0.5, 0.6) is 0 Å². The summed E-state index contributed by atoms with van der Waals surface area (Å²) in [6.07, 6.45) is 2.38. The minimum Gasteiger partial charge on any atom is -0.481 e. The zero-order valence-electron chi connectivity index (χ0n) is 11.0. The van der Waals surface area contributed by atoms with E-state index in [-0.39, 0.29) is 17.7 Å². The Morgan fingerprint density at radius 1 is 1.47 bits per heavy atom. The summed E-state index contributed by atoms with van der Waals surface area (Å²) in [5, 5.41) is 9.77. The number of rotatable bonds is 3. The lowest BCUT2D eigenvalue weighted by Crippen LogP contribution is -2.44. The van der Waals surface area contributed by atoms with E-state index in [0.717, 1.165) is 0 Å². The maximum atomic E-state index is 12.2. The van der Waals surface area contributed by atoms with Crippen LogP contribution in [0.3, 0.4) is 0 Å². The van der Waals surface area contributed by atoms with Crippen LogP contribution in [0.25, 0.3) is 0 Å². The van der Waals surface area contributed by atoms with E-state index in [9.17, 15) is 9.59 Å². The number of thioether (sulfide) groups is 1. The first kappa shape index (κ1) is 14.0. The van der Waals surface area contributed by atoms with Crippen LogP contribution in [0, 0.1) is 11.8 Å². The lowest BCUT2D eigenvalue weighted by Gasteiger charge is -2.34. The number of amides is 1. The Balaban J connectivity index is 2.03. The monoisotopic (exact) mass is 283 g/mol. The zero-order chi connectivity index (χ0) is 14.0. The Hall–Kier alpha value is -1.43. The van der Waals surface area contributed by atoms with Crippen LogP contribution in [0.4, 0.5) is 0 Å². The highest BCUT2D eigenvalue weighted by molar-refractivity contribution is 7.98. The van der Waals surface area contributed by atoms with Gasteiger partial charge in [-0.3, -0.25) is 9.59 Å². The Morgan fingerprint density at radius 2 is 2.21 bits per heavy atom. The highest BCUT2D eigenvalue weighted by Gasteiger charge is 2.33. The number of likely N-dealkylation sites (tertiary alicyclic amines) is 1. The molecule has 2 unspecified atom stereocenters. The van der Waals surface area contributed by atoms with E-state index in [4.69, 9.17) is 9.52 Å². The topological polar surface area (TPSA) is 70.8 Å². The molecule has 19 heavy (non-hydrogen) atoms. The summed E-state index contributed by atoms with van der Waals surface area (Å²) in [5.41, 5.74) is 0. The predicted octanol–water partition coefficient (Wildman–Crippen LogP) is 2.18. The van der Waals surface area contributed by atoms with E-state index in [1.54, 1.807) is 17.0 Å². The van der Waals surface area contributed by atoms with Crippen molar-refractivity contribution in [2.75, 3.05) is 19.3 Å². The predicted molar refractivity (Wildman–Crippen MR) is 71.3 cm³/mol. The second kappa shape index (κ2) is 5.69. The summed E-state index contributed by atoms with van der Waals surface area (Å²) in [7, 11) is 0. The quantitative estimate of drug-likeness (QED) is 0.861.